The molecule has 0 saturated carbocycles. The summed E-state index contributed by atoms with van der Waals surface area (Å²) in [5, 5.41) is 10.3. The first-order valence-electron chi connectivity index (χ1n) is 4.29. The molecule has 0 aromatic heterocycles. The Morgan fingerprint density at radius 3 is 2.77 bits per heavy atom. The van der Waals surface area contributed by atoms with Crippen molar-refractivity contribution in [2.45, 2.75) is 13.3 Å². The normalized spacial score (nSPS) is 12.8. The predicted octanol–water partition coefficient (Wildman–Crippen LogP) is 1.15. The van der Waals surface area contributed by atoms with Crippen molar-refractivity contribution in [3.8, 4) is 0 Å². The van der Waals surface area contributed by atoms with Crippen LogP contribution < -0.4 is 0 Å². The number of nitrogens with zero attached hydrogens (tertiary/aromatic N) is 1. The Hall–Kier alpha value is -0.870. The van der Waals surface area contributed by atoms with E-state index in [2.05, 4.69) is 6.58 Å². The van der Waals surface area contributed by atoms with E-state index in [1.165, 1.54) is 0 Å². The Kier molecular flexibility index (Phi) is 6.18. The monoisotopic (exact) mass is 187 g/mol. The summed E-state index contributed by atoms with van der Waals surface area (Å²) in [6.07, 6.45) is 2.07. The second-order valence-electron chi connectivity index (χ2n) is 2.79. The van der Waals surface area contributed by atoms with Crippen LogP contribution in [0.1, 0.15) is 13.3 Å². The van der Waals surface area contributed by atoms with Crippen molar-refractivity contribution in [1.29, 1.82) is 0 Å². The molecule has 0 aliphatic carbocycles. The first-order valence-corrected chi connectivity index (χ1v) is 4.29. The molecule has 0 radical (unpaired) electrons. The van der Waals surface area contributed by atoms with Gasteiger partial charge in [-0.05, 0) is 13.3 Å². The summed E-state index contributed by atoms with van der Waals surface area (Å²) in [5.74, 6) is -1.25. The van der Waals surface area contributed by atoms with E-state index in [9.17, 15) is 4.79 Å². The van der Waals surface area contributed by atoms with Gasteiger partial charge < -0.3 is 5.11 Å². The van der Waals surface area contributed by atoms with Gasteiger partial charge in [0.05, 0.1) is 12.5 Å². The molecule has 4 nitrogen and oxygen atoms in total. The van der Waals surface area contributed by atoms with Crippen LogP contribution in [0, 0.1) is 5.92 Å². The van der Waals surface area contributed by atoms with Gasteiger partial charge in [-0.1, -0.05) is 6.08 Å². The second-order valence-corrected chi connectivity index (χ2v) is 2.79. The second kappa shape index (κ2) is 6.62. The van der Waals surface area contributed by atoms with Crippen molar-refractivity contribution in [2.24, 2.45) is 5.92 Å². The molecule has 1 atom stereocenters. The van der Waals surface area contributed by atoms with Crippen LogP contribution in [0.5, 0.6) is 0 Å². The molecule has 13 heavy (non-hydrogen) atoms. The summed E-state index contributed by atoms with van der Waals surface area (Å²) < 4.78 is 0. The van der Waals surface area contributed by atoms with Crippen molar-refractivity contribution < 1.29 is 14.7 Å². The van der Waals surface area contributed by atoms with E-state index in [0.717, 1.165) is 0 Å². The maximum Gasteiger partial charge on any atom is 0.308 e. The molecule has 0 aromatic carbocycles. The minimum absolute atomic E-state index is 0.384. The van der Waals surface area contributed by atoms with Crippen LogP contribution in [-0.4, -0.2) is 36.3 Å². The molecule has 1 unspecified atom stereocenters. The van der Waals surface area contributed by atoms with E-state index in [0.29, 0.717) is 19.6 Å². The van der Waals surface area contributed by atoms with Gasteiger partial charge in [0.1, 0.15) is 0 Å². The lowest BCUT2D eigenvalue weighted by molar-refractivity contribution is -0.160. The Bertz CT molecular complexity index is 170. The predicted molar refractivity (Wildman–Crippen MR) is 50.2 cm³/mol. The van der Waals surface area contributed by atoms with Gasteiger partial charge in [-0.15, -0.1) is 6.58 Å². The Morgan fingerprint density at radius 1 is 1.77 bits per heavy atom. The average Bonchev–Trinajstić information content (AvgIpc) is 2.04. The number of hydrogen-bond acceptors (Lipinski definition) is 3. The van der Waals surface area contributed by atoms with Crippen molar-refractivity contribution >= 4 is 5.97 Å². The Balaban J connectivity index is 3.93. The van der Waals surface area contributed by atoms with Gasteiger partial charge in [-0.2, -0.15) is 5.06 Å². The van der Waals surface area contributed by atoms with E-state index >= 15 is 0 Å². The fraction of sp³-hybridized carbons (Fsp3) is 0.667. The molecule has 0 bridgehead atoms. The molecule has 0 heterocycles. The molecule has 0 spiro atoms. The number of rotatable bonds is 7. The molecular weight excluding hydrogens is 170 g/mol. The summed E-state index contributed by atoms with van der Waals surface area (Å²) in [6.45, 7) is 6.31. The molecule has 0 rings (SSSR count). The van der Waals surface area contributed by atoms with Gasteiger partial charge in [-0.25, -0.2) is 0 Å². The van der Waals surface area contributed by atoms with E-state index in [1.54, 1.807) is 18.2 Å². The van der Waals surface area contributed by atoms with Crippen molar-refractivity contribution in [3.63, 3.8) is 0 Å². The molecule has 0 aliphatic heterocycles. The van der Waals surface area contributed by atoms with E-state index in [4.69, 9.17) is 9.94 Å². The fourth-order valence-corrected chi connectivity index (χ4v) is 1.04. The zero-order chi connectivity index (χ0) is 10.3. The standard InChI is InChI=1S/C9H17NO3/c1-4-6-8(9(11)12)7-10(3)13-5-2/h4,8H,1,5-7H2,2-3H3,(H,11,12). The molecular formula is C9H17NO3. The summed E-state index contributed by atoms with van der Waals surface area (Å²) in [4.78, 5) is 15.8. The highest BCUT2D eigenvalue weighted by molar-refractivity contribution is 5.70. The van der Waals surface area contributed by atoms with Gasteiger partial charge >= 0.3 is 5.97 Å². The fourth-order valence-electron chi connectivity index (χ4n) is 1.04. The highest BCUT2D eigenvalue weighted by Gasteiger charge is 2.17. The third-order valence-corrected chi connectivity index (χ3v) is 1.63. The minimum atomic E-state index is -0.813. The maximum absolute atomic E-state index is 10.7. The van der Waals surface area contributed by atoms with Crippen LogP contribution in [-0.2, 0) is 9.63 Å². The summed E-state index contributed by atoms with van der Waals surface area (Å²) >= 11 is 0. The molecule has 0 aromatic rings. The smallest absolute Gasteiger partial charge is 0.308 e. The topological polar surface area (TPSA) is 49.8 Å². The average molecular weight is 187 g/mol. The third kappa shape index (κ3) is 5.38. The van der Waals surface area contributed by atoms with Crippen LogP contribution in [0.2, 0.25) is 0 Å². The first-order chi connectivity index (χ1) is 6.11. The SMILES string of the molecule is C=CCC(CN(C)OCC)C(=O)O. The van der Waals surface area contributed by atoms with Gasteiger partial charge in [0.2, 0.25) is 0 Å². The number of carboxylic acids is 1. The largest absolute Gasteiger partial charge is 0.481 e. The van der Waals surface area contributed by atoms with Crippen LogP contribution in [0.15, 0.2) is 12.7 Å². The number of allylic oxidation sites excluding steroid dienone is 1. The molecule has 76 valence electrons. The number of carboxylic acid groups (broad SMARTS) is 1. The lowest BCUT2D eigenvalue weighted by Crippen LogP contribution is -2.30. The van der Waals surface area contributed by atoms with E-state index < -0.39 is 11.9 Å². The molecule has 0 saturated heterocycles. The zero-order valence-electron chi connectivity index (χ0n) is 8.19. The number of aliphatic carboxylic acids is 1. The molecule has 4 heteroatoms. The molecule has 0 aliphatic rings. The van der Waals surface area contributed by atoms with Gasteiger partial charge in [0.25, 0.3) is 0 Å². The maximum atomic E-state index is 10.7. The number of carbonyl (C=O) groups is 1. The quantitative estimate of drug-likeness (QED) is 0.479. The third-order valence-electron chi connectivity index (χ3n) is 1.63. The van der Waals surface area contributed by atoms with E-state index in [1.807, 2.05) is 6.92 Å². The molecule has 0 fully saturated rings. The van der Waals surface area contributed by atoms with Crippen LogP contribution >= 0.6 is 0 Å². The first kappa shape index (κ1) is 12.1. The van der Waals surface area contributed by atoms with Crippen molar-refractivity contribution in [1.82, 2.24) is 5.06 Å². The Morgan fingerprint density at radius 2 is 2.38 bits per heavy atom. The number of hydrogen-bond donors (Lipinski definition) is 1. The van der Waals surface area contributed by atoms with Crippen LogP contribution in [0.4, 0.5) is 0 Å². The minimum Gasteiger partial charge on any atom is -0.481 e. The Labute approximate surface area is 78.8 Å². The lowest BCUT2D eigenvalue weighted by Gasteiger charge is -2.19. The lowest BCUT2D eigenvalue weighted by atomic mass is 10.1. The summed E-state index contributed by atoms with van der Waals surface area (Å²) in [6, 6.07) is 0. The van der Waals surface area contributed by atoms with Crippen LogP contribution in [0.3, 0.4) is 0 Å². The van der Waals surface area contributed by atoms with Crippen molar-refractivity contribution in [3.05, 3.63) is 12.7 Å². The highest BCUT2D eigenvalue weighted by atomic mass is 16.7. The highest BCUT2D eigenvalue weighted by Crippen LogP contribution is 2.06. The zero-order valence-corrected chi connectivity index (χ0v) is 8.19. The summed E-state index contributed by atoms with van der Waals surface area (Å²) in [7, 11) is 1.72. The van der Waals surface area contributed by atoms with Gasteiger partial charge in [0, 0.05) is 13.6 Å². The van der Waals surface area contributed by atoms with E-state index in [-0.39, 0.29) is 0 Å². The summed E-state index contributed by atoms with van der Waals surface area (Å²) in [5.41, 5.74) is 0. The molecule has 1 N–H and O–H groups in total. The van der Waals surface area contributed by atoms with Crippen LogP contribution in [0.25, 0.3) is 0 Å². The van der Waals surface area contributed by atoms with Crippen molar-refractivity contribution in [2.75, 3.05) is 20.2 Å². The van der Waals surface area contributed by atoms with Gasteiger partial charge in [-0.3, -0.25) is 9.63 Å². The number of hydroxylamine groups is 2. The molecule has 0 amide bonds. The van der Waals surface area contributed by atoms with Gasteiger partial charge in [0.15, 0.2) is 0 Å².